The highest BCUT2D eigenvalue weighted by molar-refractivity contribution is 6.01. The maximum atomic E-state index is 2.37. The number of benzene rings is 8. The van der Waals surface area contributed by atoms with Gasteiger partial charge in [0.15, 0.2) is 0 Å². The van der Waals surface area contributed by atoms with Crippen LogP contribution in [0.25, 0.3) is 61.1 Å². The molecule has 9 aromatic rings. The van der Waals surface area contributed by atoms with E-state index in [-0.39, 0.29) is 0 Å². The van der Waals surface area contributed by atoms with Crippen LogP contribution in [0.2, 0.25) is 0 Å². The van der Waals surface area contributed by atoms with Gasteiger partial charge in [0, 0.05) is 34.3 Å². The number of fused-ring (bicyclic) bond motifs is 1. The highest BCUT2D eigenvalue weighted by atomic mass is 15.1. The summed E-state index contributed by atoms with van der Waals surface area (Å²) in [4.78, 5) is 2.37. The maximum Gasteiger partial charge on any atom is 0.0534 e. The molecule has 0 fully saturated rings. The third-order valence-electron chi connectivity index (χ3n) is 9.87. The topological polar surface area (TPSA) is 8.17 Å². The van der Waals surface area contributed by atoms with Crippen molar-refractivity contribution in [2.45, 2.75) is 0 Å². The number of para-hydroxylation sites is 1. The van der Waals surface area contributed by atoms with Crippen LogP contribution in [0.15, 0.2) is 219 Å². The lowest BCUT2D eigenvalue weighted by atomic mass is 9.92. The highest BCUT2D eigenvalue weighted by Gasteiger charge is 2.18. The predicted molar refractivity (Wildman–Crippen MR) is 220 cm³/mol. The smallest absolute Gasteiger partial charge is 0.0534 e. The van der Waals surface area contributed by atoms with Gasteiger partial charge in [-0.1, -0.05) is 152 Å². The van der Waals surface area contributed by atoms with E-state index in [0.717, 1.165) is 22.7 Å². The van der Waals surface area contributed by atoms with Crippen LogP contribution < -0.4 is 4.90 Å². The first kappa shape index (κ1) is 31.1. The van der Waals surface area contributed by atoms with Crippen molar-refractivity contribution in [3.63, 3.8) is 0 Å². The lowest BCUT2D eigenvalue weighted by molar-refractivity contribution is 1.13. The average molecular weight is 665 g/mol. The lowest BCUT2D eigenvalue weighted by Crippen LogP contribution is -2.10. The molecule has 0 N–H and O–H groups in total. The van der Waals surface area contributed by atoms with Crippen LogP contribution in [0.5, 0.6) is 0 Å². The Bertz CT molecular complexity index is 2490. The summed E-state index contributed by atoms with van der Waals surface area (Å²) in [6.45, 7) is 0. The normalized spacial score (nSPS) is 11.1. The second-order valence-corrected chi connectivity index (χ2v) is 13.0. The Labute approximate surface area is 305 Å². The van der Waals surface area contributed by atoms with E-state index >= 15 is 0 Å². The van der Waals surface area contributed by atoms with Gasteiger partial charge in [-0.2, -0.15) is 0 Å². The molecule has 0 bridgehead atoms. The van der Waals surface area contributed by atoms with Gasteiger partial charge in [0.05, 0.1) is 5.52 Å². The van der Waals surface area contributed by atoms with E-state index in [1.54, 1.807) is 0 Å². The van der Waals surface area contributed by atoms with Gasteiger partial charge in [-0.25, -0.2) is 0 Å². The molecule has 0 aliphatic carbocycles. The van der Waals surface area contributed by atoms with Crippen LogP contribution in [0.4, 0.5) is 17.1 Å². The Kier molecular flexibility index (Phi) is 8.24. The monoisotopic (exact) mass is 664 g/mol. The molecular weight excluding hydrogens is 629 g/mol. The minimum atomic E-state index is 1.09. The van der Waals surface area contributed by atoms with Crippen LogP contribution in [0.1, 0.15) is 0 Å². The van der Waals surface area contributed by atoms with Crippen LogP contribution in [0.3, 0.4) is 0 Å². The summed E-state index contributed by atoms with van der Waals surface area (Å²) in [7, 11) is 0. The third-order valence-corrected chi connectivity index (χ3v) is 9.87. The maximum absolute atomic E-state index is 2.37. The van der Waals surface area contributed by atoms with Crippen LogP contribution >= 0.6 is 0 Å². The van der Waals surface area contributed by atoms with E-state index in [1.165, 1.54) is 55.4 Å². The molecule has 0 radical (unpaired) electrons. The van der Waals surface area contributed by atoms with Gasteiger partial charge in [-0.15, -0.1) is 0 Å². The van der Waals surface area contributed by atoms with E-state index in [1.807, 2.05) is 0 Å². The standard InChI is InChI=1S/C50H36N2/c1-5-14-37(15-6-1)39-24-28-43(29-25-39)52(44-30-26-40(27-31-44)38-16-7-2-8-17-38)45-32-33-47(49(36-45)41-18-9-3-10-19-41)46-22-13-23-50-48(46)34-35-51(50)42-20-11-4-12-21-42/h1-36H. The molecule has 0 unspecified atom stereocenters. The Morgan fingerprint density at radius 1 is 0.308 bits per heavy atom. The van der Waals surface area contributed by atoms with Gasteiger partial charge in [0.25, 0.3) is 0 Å². The zero-order chi connectivity index (χ0) is 34.7. The van der Waals surface area contributed by atoms with Gasteiger partial charge in [-0.05, 0) is 105 Å². The number of aromatic nitrogens is 1. The Balaban J connectivity index is 1.20. The molecule has 0 amide bonds. The van der Waals surface area contributed by atoms with E-state index in [4.69, 9.17) is 0 Å². The van der Waals surface area contributed by atoms with Gasteiger partial charge in [-0.3, -0.25) is 0 Å². The average Bonchev–Trinajstić information content (AvgIpc) is 3.68. The van der Waals surface area contributed by atoms with Gasteiger partial charge in [0.1, 0.15) is 0 Å². The van der Waals surface area contributed by atoms with Crippen molar-refractivity contribution in [1.29, 1.82) is 0 Å². The van der Waals surface area contributed by atoms with Crippen molar-refractivity contribution >= 4 is 28.0 Å². The molecule has 0 saturated carbocycles. The lowest BCUT2D eigenvalue weighted by Gasteiger charge is -2.27. The fourth-order valence-electron chi connectivity index (χ4n) is 7.29. The van der Waals surface area contributed by atoms with E-state index in [9.17, 15) is 0 Å². The zero-order valence-electron chi connectivity index (χ0n) is 28.7. The van der Waals surface area contributed by atoms with Crippen LogP contribution in [-0.4, -0.2) is 4.57 Å². The number of nitrogens with zero attached hydrogens (tertiary/aromatic N) is 2. The minimum Gasteiger partial charge on any atom is -0.317 e. The van der Waals surface area contributed by atoms with E-state index in [2.05, 4.69) is 228 Å². The van der Waals surface area contributed by atoms with Crippen LogP contribution in [-0.2, 0) is 0 Å². The van der Waals surface area contributed by atoms with Crippen molar-refractivity contribution in [3.8, 4) is 50.2 Å². The molecule has 2 heteroatoms. The quantitative estimate of drug-likeness (QED) is 0.157. The summed E-state index contributed by atoms with van der Waals surface area (Å²) in [5.41, 5.74) is 15.2. The van der Waals surface area contributed by atoms with Gasteiger partial charge in [0.2, 0.25) is 0 Å². The van der Waals surface area contributed by atoms with Gasteiger partial charge >= 0.3 is 0 Å². The molecule has 0 atom stereocenters. The SMILES string of the molecule is c1ccc(-c2ccc(N(c3ccc(-c4ccccc4)cc3)c3ccc(-c4cccc5c4ccn5-c4ccccc4)c(-c4ccccc4)c3)cc2)cc1. The molecule has 2 nitrogen and oxygen atoms in total. The molecule has 0 aliphatic rings. The summed E-state index contributed by atoms with van der Waals surface area (Å²) >= 11 is 0. The van der Waals surface area contributed by atoms with Crippen molar-refractivity contribution in [2.75, 3.05) is 4.90 Å². The number of hydrogen-bond donors (Lipinski definition) is 0. The molecule has 1 heterocycles. The first-order valence-electron chi connectivity index (χ1n) is 17.8. The summed E-state index contributed by atoms with van der Waals surface area (Å²) < 4.78 is 2.27. The summed E-state index contributed by atoms with van der Waals surface area (Å²) in [5.74, 6) is 0. The van der Waals surface area contributed by atoms with Crippen LogP contribution in [0, 0.1) is 0 Å². The largest absolute Gasteiger partial charge is 0.317 e. The number of anilines is 3. The minimum absolute atomic E-state index is 1.09. The van der Waals surface area contributed by atoms with E-state index in [0.29, 0.717) is 0 Å². The second-order valence-electron chi connectivity index (χ2n) is 13.0. The fraction of sp³-hybridized carbons (Fsp3) is 0. The van der Waals surface area contributed by atoms with Crippen molar-refractivity contribution in [1.82, 2.24) is 4.57 Å². The van der Waals surface area contributed by atoms with E-state index < -0.39 is 0 Å². The fourth-order valence-corrected chi connectivity index (χ4v) is 7.29. The number of rotatable bonds is 8. The first-order valence-corrected chi connectivity index (χ1v) is 17.8. The third kappa shape index (κ3) is 5.97. The van der Waals surface area contributed by atoms with Crippen molar-refractivity contribution < 1.29 is 0 Å². The summed E-state index contributed by atoms with van der Waals surface area (Å²) in [6, 6.07) is 76.1. The Morgan fingerprint density at radius 3 is 1.35 bits per heavy atom. The summed E-state index contributed by atoms with van der Waals surface area (Å²) in [6.07, 6.45) is 2.18. The molecule has 0 spiro atoms. The molecule has 246 valence electrons. The number of hydrogen-bond acceptors (Lipinski definition) is 1. The molecule has 9 rings (SSSR count). The predicted octanol–water partition coefficient (Wildman–Crippen LogP) is 13.8. The Hall–Kier alpha value is -6.90. The second kappa shape index (κ2) is 13.8. The van der Waals surface area contributed by atoms with Gasteiger partial charge < -0.3 is 9.47 Å². The molecule has 1 aromatic heterocycles. The molecule has 0 saturated heterocycles. The first-order chi connectivity index (χ1) is 25.8. The Morgan fingerprint density at radius 2 is 0.788 bits per heavy atom. The molecule has 0 aliphatic heterocycles. The highest BCUT2D eigenvalue weighted by Crippen LogP contribution is 2.43. The molecule has 8 aromatic carbocycles. The van der Waals surface area contributed by atoms with Crippen molar-refractivity contribution in [3.05, 3.63) is 219 Å². The zero-order valence-corrected chi connectivity index (χ0v) is 28.7. The van der Waals surface area contributed by atoms with Crippen molar-refractivity contribution in [2.24, 2.45) is 0 Å². The summed E-state index contributed by atoms with van der Waals surface area (Å²) in [5, 5.41) is 1.22. The molecule has 52 heavy (non-hydrogen) atoms. The molecular formula is C50H36N2.